The molecule has 0 saturated heterocycles. The number of nitrogens with zero attached hydrogens (tertiary/aromatic N) is 2. The molecule has 7 heteroatoms. The van der Waals surface area contributed by atoms with Crippen LogP contribution in [0.15, 0.2) is 41.0 Å². The summed E-state index contributed by atoms with van der Waals surface area (Å²) in [5.74, 6) is 2.05. The van der Waals surface area contributed by atoms with Crippen molar-refractivity contribution in [2.24, 2.45) is 11.3 Å². The molecule has 1 aromatic heterocycles. The topological polar surface area (TPSA) is 51.7 Å². The van der Waals surface area contributed by atoms with Crippen LogP contribution < -0.4 is 9.64 Å². The van der Waals surface area contributed by atoms with Gasteiger partial charge in [-0.25, -0.2) is 4.98 Å². The summed E-state index contributed by atoms with van der Waals surface area (Å²) in [7, 11) is -0.0700. The van der Waals surface area contributed by atoms with Gasteiger partial charge in [0.05, 0.1) is 7.11 Å². The van der Waals surface area contributed by atoms with Gasteiger partial charge in [-0.1, -0.05) is 48.8 Å². The molecule has 0 N–H and O–H groups in total. The minimum Gasteiger partial charge on any atom is -0.496 e. The van der Waals surface area contributed by atoms with Gasteiger partial charge in [-0.3, -0.25) is 9.69 Å². The normalized spacial score (nSPS) is 28.0. The zero-order chi connectivity index (χ0) is 30.3. The molecule has 230 valence electrons. The molecule has 0 aliphatic heterocycles. The second kappa shape index (κ2) is 12.0. The van der Waals surface area contributed by atoms with Gasteiger partial charge in [0.15, 0.2) is 8.32 Å². The van der Waals surface area contributed by atoms with Crippen molar-refractivity contribution in [3.05, 3.63) is 52.1 Å². The minimum atomic E-state index is -1.82. The lowest BCUT2D eigenvalue weighted by Crippen LogP contribution is -2.52. The van der Waals surface area contributed by atoms with Crippen molar-refractivity contribution in [1.29, 1.82) is 0 Å². The Morgan fingerprint density at radius 2 is 1.67 bits per heavy atom. The highest BCUT2D eigenvalue weighted by Gasteiger charge is 2.51. The number of ether oxygens (including phenoxy) is 1. The molecular formula is C35H51BrN2O3Si. The van der Waals surface area contributed by atoms with Gasteiger partial charge in [-0.05, 0) is 129 Å². The lowest BCUT2D eigenvalue weighted by molar-refractivity contribution is -0.124. The molecule has 0 spiro atoms. The first kappa shape index (κ1) is 31.7. The van der Waals surface area contributed by atoms with E-state index in [2.05, 4.69) is 79.8 Å². The molecule has 0 atom stereocenters. The summed E-state index contributed by atoms with van der Waals surface area (Å²) in [5, 5.41) is 0.200. The molecule has 2 bridgehead atoms. The molecule has 42 heavy (non-hydrogen) atoms. The Hall–Kier alpha value is -1.70. The monoisotopic (exact) mass is 654 g/mol. The van der Waals surface area contributed by atoms with Gasteiger partial charge in [0.25, 0.3) is 0 Å². The van der Waals surface area contributed by atoms with Crippen LogP contribution >= 0.6 is 15.9 Å². The van der Waals surface area contributed by atoms with Crippen LogP contribution in [-0.2, 0) is 14.6 Å². The number of aromatic nitrogens is 1. The van der Waals surface area contributed by atoms with E-state index >= 15 is 0 Å². The predicted molar refractivity (Wildman–Crippen MR) is 178 cm³/mol. The molecule has 2 aromatic rings. The summed E-state index contributed by atoms with van der Waals surface area (Å²) >= 11 is 3.64. The Bertz CT molecular complexity index is 1260. The van der Waals surface area contributed by atoms with E-state index in [0.717, 1.165) is 67.5 Å². The van der Waals surface area contributed by atoms with Crippen molar-refractivity contribution in [3.8, 4) is 5.75 Å². The van der Waals surface area contributed by atoms with Gasteiger partial charge >= 0.3 is 0 Å². The van der Waals surface area contributed by atoms with E-state index in [0.29, 0.717) is 0 Å². The lowest BCUT2D eigenvalue weighted by Gasteiger charge is -2.55. The molecule has 1 aromatic carbocycles. The molecule has 0 radical (unpaired) electrons. The highest BCUT2D eigenvalue weighted by Crippen LogP contribution is 2.58. The van der Waals surface area contributed by atoms with Gasteiger partial charge < -0.3 is 9.16 Å². The summed E-state index contributed by atoms with van der Waals surface area (Å²) in [6, 6.07) is 10.7. The third kappa shape index (κ3) is 6.39. The van der Waals surface area contributed by atoms with Crippen LogP contribution in [0.5, 0.6) is 5.75 Å². The number of carbonyl (C=O) groups excluding carboxylic acids is 1. The van der Waals surface area contributed by atoms with Gasteiger partial charge in [0.1, 0.15) is 11.6 Å². The molecule has 4 saturated carbocycles. The molecule has 0 unspecified atom stereocenters. The molecule has 6 rings (SSSR count). The van der Waals surface area contributed by atoms with Gasteiger partial charge in [0.2, 0.25) is 5.91 Å². The molecule has 4 aliphatic carbocycles. The number of rotatable bonds is 8. The highest BCUT2D eigenvalue weighted by atomic mass is 79.9. The number of fused-ring (bicyclic) bond motifs is 3. The maximum atomic E-state index is 14.3. The fourth-order valence-electron chi connectivity index (χ4n) is 7.53. The minimum absolute atomic E-state index is 0.0370. The second-order valence-electron chi connectivity index (χ2n) is 15.1. The van der Waals surface area contributed by atoms with Crippen molar-refractivity contribution in [3.63, 3.8) is 0 Å². The average Bonchev–Trinajstić information content (AvgIpc) is 2.96. The number of hydrogen-bond donors (Lipinski definition) is 0. The van der Waals surface area contributed by atoms with Gasteiger partial charge in [-0.15, -0.1) is 0 Å². The zero-order valence-corrected chi connectivity index (χ0v) is 29.5. The SMILES string of the molecule is COc1ccc(C23CCC(CN(C(=O)C4CCC(O[Si](C)(C)C(C)(C)C)CC4)c4cc(Br)ccn4)(CC2)CC3)cc1C. The fourth-order valence-corrected chi connectivity index (χ4v) is 9.28. The van der Waals surface area contributed by atoms with Crippen molar-refractivity contribution in [1.82, 2.24) is 4.98 Å². The molecule has 4 fully saturated rings. The standard InChI is InChI=1S/C35H51BrN2O3Si/c1-25-22-27(10-13-30(25)40-5)35-18-15-34(16-19-35,17-20-35)24-38(31-23-28(36)14-21-37-31)32(39)26-8-11-29(12-9-26)41-42(6,7)33(2,3)4/h10,13-14,21-23,26,29H,8-9,11-12,15-20,24H2,1-7H3. The number of carbonyl (C=O) groups is 1. The first-order chi connectivity index (χ1) is 19.8. The van der Waals surface area contributed by atoms with Crippen molar-refractivity contribution in [2.45, 2.75) is 122 Å². The Balaban J connectivity index is 1.29. The van der Waals surface area contributed by atoms with Crippen LogP contribution in [0.25, 0.3) is 0 Å². The zero-order valence-electron chi connectivity index (χ0n) is 26.9. The van der Waals surface area contributed by atoms with Crippen LogP contribution in [0.1, 0.15) is 96.1 Å². The summed E-state index contributed by atoms with van der Waals surface area (Å²) in [6.07, 6.45) is 12.8. The molecule has 4 aliphatic rings. The van der Waals surface area contributed by atoms with Gasteiger partial charge in [0, 0.05) is 29.2 Å². The van der Waals surface area contributed by atoms with Crippen LogP contribution in [0.2, 0.25) is 18.1 Å². The number of methoxy groups -OCH3 is 1. The summed E-state index contributed by atoms with van der Waals surface area (Å²) < 4.78 is 13.2. The molecule has 1 heterocycles. The lowest BCUT2D eigenvalue weighted by atomic mass is 9.51. The number of aryl methyl sites for hydroxylation is 1. The second-order valence-corrected chi connectivity index (χ2v) is 20.7. The first-order valence-electron chi connectivity index (χ1n) is 16.0. The van der Waals surface area contributed by atoms with E-state index in [1.807, 2.05) is 18.3 Å². The maximum Gasteiger partial charge on any atom is 0.231 e. The van der Waals surface area contributed by atoms with Crippen LogP contribution in [0.4, 0.5) is 5.82 Å². The number of pyridine rings is 1. The Labute approximate surface area is 263 Å². The Morgan fingerprint density at radius 3 is 2.21 bits per heavy atom. The van der Waals surface area contributed by atoms with E-state index in [9.17, 15) is 4.79 Å². The fraction of sp³-hybridized carbons (Fsp3) is 0.657. The summed E-state index contributed by atoms with van der Waals surface area (Å²) in [5.41, 5.74) is 3.09. The Kier molecular flexibility index (Phi) is 9.06. The van der Waals surface area contributed by atoms with E-state index in [4.69, 9.17) is 14.1 Å². The van der Waals surface area contributed by atoms with Crippen LogP contribution in [-0.4, -0.2) is 39.0 Å². The van der Waals surface area contributed by atoms with E-state index in [1.165, 1.54) is 30.4 Å². The summed E-state index contributed by atoms with van der Waals surface area (Å²) in [4.78, 5) is 21.1. The first-order valence-corrected chi connectivity index (χ1v) is 19.7. The predicted octanol–water partition coefficient (Wildman–Crippen LogP) is 9.37. The van der Waals surface area contributed by atoms with Crippen molar-refractivity contribution >= 4 is 36.0 Å². The van der Waals surface area contributed by atoms with Crippen molar-refractivity contribution in [2.75, 3.05) is 18.6 Å². The third-order valence-corrected chi connectivity index (χ3v) is 16.5. The average molecular weight is 656 g/mol. The van der Waals surface area contributed by atoms with E-state index < -0.39 is 8.32 Å². The number of amides is 1. The highest BCUT2D eigenvalue weighted by molar-refractivity contribution is 9.10. The van der Waals surface area contributed by atoms with Gasteiger partial charge in [-0.2, -0.15) is 0 Å². The van der Waals surface area contributed by atoms with E-state index in [1.54, 1.807) is 7.11 Å². The number of benzene rings is 1. The Morgan fingerprint density at radius 1 is 1.02 bits per heavy atom. The maximum absolute atomic E-state index is 14.3. The molecule has 1 amide bonds. The number of anilines is 1. The molecule has 5 nitrogen and oxygen atoms in total. The quantitative estimate of drug-likeness (QED) is 0.266. The smallest absolute Gasteiger partial charge is 0.231 e. The van der Waals surface area contributed by atoms with Crippen LogP contribution in [0.3, 0.4) is 0 Å². The molecular weight excluding hydrogens is 604 g/mol. The largest absolute Gasteiger partial charge is 0.496 e. The number of halogens is 1. The van der Waals surface area contributed by atoms with Crippen molar-refractivity contribution < 1.29 is 14.0 Å². The van der Waals surface area contributed by atoms with E-state index in [-0.39, 0.29) is 33.8 Å². The summed E-state index contributed by atoms with van der Waals surface area (Å²) in [6.45, 7) is 14.5. The number of hydrogen-bond acceptors (Lipinski definition) is 4. The van der Waals surface area contributed by atoms with Crippen LogP contribution in [0, 0.1) is 18.3 Å². The third-order valence-electron chi connectivity index (χ3n) is 11.4.